The van der Waals surface area contributed by atoms with E-state index in [1.165, 1.54) is 4.90 Å². The summed E-state index contributed by atoms with van der Waals surface area (Å²) in [6.45, 7) is 3.12. The smallest absolute Gasteiger partial charge is 0.305 e. The maximum atomic E-state index is 11.9. The number of carbonyl (C=O) groups excluding carboxylic acids is 2. The summed E-state index contributed by atoms with van der Waals surface area (Å²) in [7, 11) is 1.57. The van der Waals surface area contributed by atoms with Gasteiger partial charge in [-0.05, 0) is 6.92 Å². The molecule has 1 aliphatic heterocycles. The van der Waals surface area contributed by atoms with E-state index in [-0.39, 0.29) is 37.1 Å². The van der Waals surface area contributed by atoms with Crippen molar-refractivity contribution in [2.24, 2.45) is 5.92 Å². The van der Waals surface area contributed by atoms with E-state index in [0.717, 1.165) is 0 Å². The van der Waals surface area contributed by atoms with Gasteiger partial charge in [0.05, 0.1) is 12.3 Å². The van der Waals surface area contributed by atoms with Gasteiger partial charge in [0.15, 0.2) is 0 Å². The van der Waals surface area contributed by atoms with E-state index in [0.29, 0.717) is 13.1 Å². The van der Waals surface area contributed by atoms with Gasteiger partial charge in [0.1, 0.15) is 0 Å². The fourth-order valence-corrected chi connectivity index (χ4v) is 1.93. The molecule has 17 heavy (non-hydrogen) atoms. The van der Waals surface area contributed by atoms with Crippen LogP contribution in [0.15, 0.2) is 0 Å². The number of rotatable bonds is 5. The molecule has 0 aromatic carbocycles. The first-order valence-electron chi connectivity index (χ1n) is 5.70. The Balaban J connectivity index is 2.48. The standard InChI is InChI=1S/C11H18N2O4/c1-3-13-7-8(6-9(13)14)11(17)12(2)5-4-10(15)16/h8H,3-7H2,1-2H3,(H,15,16). The lowest BCUT2D eigenvalue weighted by Crippen LogP contribution is -2.35. The number of carbonyl (C=O) groups is 3. The van der Waals surface area contributed by atoms with Crippen molar-refractivity contribution in [1.29, 1.82) is 0 Å². The van der Waals surface area contributed by atoms with Crippen LogP contribution in [0.4, 0.5) is 0 Å². The molecule has 0 aliphatic carbocycles. The van der Waals surface area contributed by atoms with Crippen molar-refractivity contribution in [2.45, 2.75) is 19.8 Å². The number of likely N-dealkylation sites (tertiary alicyclic amines) is 1. The minimum absolute atomic E-state index is 0.00233. The van der Waals surface area contributed by atoms with Crippen LogP contribution in [-0.2, 0) is 14.4 Å². The van der Waals surface area contributed by atoms with Crippen molar-refractivity contribution in [3.8, 4) is 0 Å². The monoisotopic (exact) mass is 242 g/mol. The topological polar surface area (TPSA) is 77.9 Å². The van der Waals surface area contributed by atoms with E-state index in [1.807, 2.05) is 6.92 Å². The lowest BCUT2D eigenvalue weighted by Gasteiger charge is -2.20. The molecule has 1 unspecified atom stereocenters. The van der Waals surface area contributed by atoms with Gasteiger partial charge in [0.25, 0.3) is 0 Å². The number of amides is 2. The van der Waals surface area contributed by atoms with E-state index >= 15 is 0 Å². The molecule has 6 nitrogen and oxygen atoms in total. The van der Waals surface area contributed by atoms with Gasteiger partial charge in [-0.1, -0.05) is 0 Å². The minimum atomic E-state index is -0.928. The molecule has 0 radical (unpaired) electrons. The molecular formula is C11H18N2O4. The SMILES string of the molecule is CCN1CC(C(=O)N(C)CCC(=O)O)CC1=O. The zero-order valence-electron chi connectivity index (χ0n) is 10.2. The molecular weight excluding hydrogens is 224 g/mol. The molecule has 0 bridgehead atoms. The average Bonchev–Trinajstić information content (AvgIpc) is 2.66. The molecule has 1 heterocycles. The highest BCUT2D eigenvalue weighted by molar-refractivity contribution is 5.89. The Hall–Kier alpha value is -1.59. The van der Waals surface area contributed by atoms with Gasteiger partial charge >= 0.3 is 5.97 Å². The summed E-state index contributed by atoms with van der Waals surface area (Å²) >= 11 is 0. The normalized spacial score (nSPS) is 19.5. The molecule has 0 aromatic heterocycles. The molecule has 0 saturated carbocycles. The maximum absolute atomic E-state index is 11.9. The van der Waals surface area contributed by atoms with E-state index in [1.54, 1.807) is 11.9 Å². The largest absolute Gasteiger partial charge is 0.481 e. The zero-order chi connectivity index (χ0) is 13.0. The predicted molar refractivity (Wildman–Crippen MR) is 60.3 cm³/mol. The van der Waals surface area contributed by atoms with Gasteiger partial charge in [-0.15, -0.1) is 0 Å². The molecule has 0 aromatic rings. The van der Waals surface area contributed by atoms with Gasteiger partial charge in [-0.3, -0.25) is 14.4 Å². The van der Waals surface area contributed by atoms with Gasteiger partial charge in [0.2, 0.25) is 11.8 Å². The second-order valence-corrected chi connectivity index (χ2v) is 4.24. The van der Waals surface area contributed by atoms with Crippen molar-refractivity contribution in [1.82, 2.24) is 9.80 Å². The number of hydrogen-bond donors (Lipinski definition) is 1. The Morgan fingerprint density at radius 1 is 1.53 bits per heavy atom. The first-order chi connectivity index (χ1) is 7.95. The third kappa shape index (κ3) is 3.44. The van der Waals surface area contributed by atoms with Crippen molar-refractivity contribution >= 4 is 17.8 Å². The molecule has 1 fully saturated rings. The first kappa shape index (κ1) is 13.5. The Bertz CT molecular complexity index is 329. The highest BCUT2D eigenvalue weighted by Crippen LogP contribution is 2.19. The number of carboxylic acid groups (broad SMARTS) is 1. The van der Waals surface area contributed by atoms with Gasteiger partial charge < -0.3 is 14.9 Å². The highest BCUT2D eigenvalue weighted by Gasteiger charge is 2.34. The Labute approximate surface area is 100 Å². The summed E-state index contributed by atoms with van der Waals surface area (Å²) in [4.78, 5) is 36.8. The summed E-state index contributed by atoms with van der Waals surface area (Å²) in [6, 6.07) is 0. The number of nitrogens with zero attached hydrogens (tertiary/aromatic N) is 2. The van der Waals surface area contributed by atoms with Crippen LogP contribution in [0.5, 0.6) is 0 Å². The zero-order valence-corrected chi connectivity index (χ0v) is 10.2. The van der Waals surface area contributed by atoms with Crippen LogP contribution in [0.1, 0.15) is 19.8 Å². The molecule has 2 amide bonds. The Kier molecular flexibility index (Phi) is 4.48. The molecule has 96 valence electrons. The van der Waals surface area contributed by atoms with Crippen molar-refractivity contribution < 1.29 is 19.5 Å². The molecule has 1 N–H and O–H groups in total. The highest BCUT2D eigenvalue weighted by atomic mass is 16.4. The summed E-state index contributed by atoms with van der Waals surface area (Å²) in [5, 5.41) is 8.53. The lowest BCUT2D eigenvalue weighted by atomic mass is 10.1. The number of carboxylic acids is 1. The Morgan fingerprint density at radius 2 is 2.18 bits per heavy atom. The van der Waals surface area contributed by atoms with E-state index in [2.05, 4.69) is 0 Å². The minimum Gasteiger partial charge on any atom is -0.481 e. The number of aliphatic carboxylic acids is 1. The van der Waals surface area contributed by atoms with Crippen molar-refractivity contribution in [3.05, 3.63) is 0 Å². The van der Waals surface area contributed by atoms with Gasteiger partial charge in [-0.25, -0.2) is 0 Å². The summed E-state index contributed by atoms with van der Waals surface area (Å²) in [5.74, 6) is -1.39. The van der Waals surface area contributed by atoms with Crippen LogP contribution in [0.3, 0.4) is 0 Å². The van der Waals surface area contributed by atoms with Crippen LogP contribution in [0, 0.1) is 5.92 Å². The second kappa shape index (κ2) is 5.65. The summed E-state index contributed by atoms with van der Waals surface area (Å²) in [5.41, 5.74) is 0. The van der Waals surface area contributed by atoms with Crippen LogP contribution >= 0.6 is 0 Å². The first-order valence-corrected chi connectivity index (χ1v) is 5.70. The lowest BCUT2D eigenvalue weighted by molar-refractivity contribution is -0.139. The summed E-state index contributed by atoms with van der Waals surface area (Å²) in [6.07, 6.45) is 0.171. The second-order valence-electron chi connectivity index (χ2n) is 4.24. The Morgan fingerprint density at radius 3 is 2.65 bits per heavy atom. The van der Waals surface area contributed by atoms with Crippen molar-refractivity contribution in [2.75, 3.05) is 26.7 Å². The third-order valence-electron chi connectivity index (χ3n) is 2.98. The molecule has 1 rings (SSSR count). The fourth-order valence-electron chi connectivity index (χ4n) is 1.93. The van der Waals surface area contributed by atoms with Crippen LogP contribution in [-0.4, -0.2) is 59.4 Å². The van der Waals surface area contributed by atoms with E-state index in [4.69, 9.17) is 5.11 Å². The maximum Gasteiger partial charge on any atom is 0.305 e. The van der Waals surface area contributed by atoms with Crippen LogP contribution < -0.4 is 0 Å². The fraction of sp³-hybridized carbons (Fsp3) is 0.727. The predicted octanol–water partition coefficient (Wildman–Crippen LogP) is -0.212. The third-order valence-corrected chi connectivity index (χ3v) is 2.98. The van der Waals surface area contributed by atoms with Crippen molar-refractivity contribution in [3.63, 3.8) is 0 Å². The molecule has 0 spiro atoms. The van der Waals surface area contributed by atoms with E-state index in [9.17, 15) is 14.4 Å². The average molecular weight is 242 g/mol. The molecule has 1 aliphatic rings. The quantitative estimate of drug-likeness (QED) is 0.723. The van der Waals surface area contributed by atoms with E-state index < -0.39 is 5.97 Å². The van der Waals surface area contributed by atoms with Gasteiger partial charge in [-0.2, -0.15) is 0 Å². The molecule has 6 heteroatoms. The summed E-state index contributed by atoms with van der Waals surface area (Å²) < 4.78 is 0. The van der Waals surface area contributed by atoms with Gasteiger partial charge in [0, 0.05) is 33.1 Å². The number of hydrogen-bond acceptors (Lipinski definition) is 3. The molecule has 1 atom stereocenters. The molecule has 1 saturated heterocycles. The van der Waals surface area contributed by atoms with Crippen LogP contribution in [0.2, 0.25) is 0 Å². The van der Waals surface area contributed by atoms with Crippen LogP contribution in [0.25, 0.3) is 0 Å².